The third-order valence-electron chi connectivity index (χ3n) is 7.21. The van der Waals surface area contributed by atoms with E-state index in [-0.39, 0.29) is 43.4 Å². The Balaban J connectivity index is 1.75. The number of benzene rings is 1. The van der Waals surface area contributed by atoms with Crippen molar-refractivity contribution in [2.75, 3.05) is 7.11 Å². The van der Waals surface area contributed by atoms with Gasteiger partial charge in [0.25, 0.3) is 0 Å². The summed E-state index contributed by atoms with van der Waals surface area (Å²) in [6.07, 6.45) is 0.109. The molecular weight excluding hydrogens is 434 g/mol. The van der Waals surface area contributed by atoms with Gasteiger partial charge in [-0.25, -0.2) is 0 Å². The molecule has 2 fully saturated rings. The number of esters is 1. The van der Waals surface area contributed by atoms with Crippen LogP contribution >= 0.6 is 0 Å². The van der Waals surface area contributed by atoms with Crippen molar-refractivity contribution in [2.24, 2.45) is 29.4 Å². The van der Waals surface area contributed by atoms with E-state index >= 15 is 0 Å². The molecule has 2 unspecified atom stereocenters. The monoisotopic (exact) mass is 457 g/mol. The number of ketones is 4. The smallest absolute Gasteiger partial charge is 0.305 e. The van der Waals surface area contributed by atoms with Gasteiger partial charge in [0.05, 0.1) is 18.6 Å². The normalized spacial score (nSPS) is 30.8. The largest absolute Gasteiger partial charge is 0.507 e. The third kappa shape index (κ3) is 3.28. The number of ether oxygens (including phenoxy) is 1. The summed E-state index contributed by atoms with van der Waals surface area (Å²) in [7, 11) is 1.26. The maximum absolute atomic E-state index is 13.4. The van der Waals surface area contributed by atoms with Crippen molar-refractivity contribution in [1.29, 1.82) is 0 Å². The Morgan fingerprint density at radius 2 is 1.85 bits per heavy atom. The molecule has 174 valence electrons. The summed E-state index contributed by atoms with van der Waals surface area (Å²) in [6.45, 7) is 0. The summed E-state index contributed by atoms with van der Waals surface area (Å²) in [5.41, 5.74) is 3.54. The fourth-order valence-corrected chi connectivity index (χ4v) is 5.60. The van der Waals surface area contributed by atoms with Crippen LogP contribution in [0.2, 0.25) is 0 Å². The van der Waals surface area contributed by atoms with Crippen LogP contribution in [-0.4, -0.2) is 57.9 Å². The zero-order valence-corrected chi connectivity index (χ0v) is 17.8. The van der Waals surface area contributed by atoms with Gasteiger partial charge in [0, 0.05) is 18.8 Å². The van der Waals surface area contributed by atoms with Crippen LogP contribution in [0, 0.1) is 23.7 Å². The summed E-state index contributed by atoms with van der Waals surface area (Å²) in [6, 6.07) is 2.89. The first kappa shape index (κ1) is 22.8. The summed E-state index contributed by atoms with van der Waals surface area (Å²) < 4.78 is 4.65. The average Bonchev–Trinajstić information content (AvgIpc) is 2.75. The number of Topliss-reactive ketones (excluding diaryl/α,β-unsaturated/α-hetero) is 4. The average molecular weight is 457 g/mol. The second-order valence-electron chi connectivity index (χ2n) is 8.91. The summed E-state index contributed by atoms with van der Waals surface area (Å²) in [5.74, 6) is -10.9. The third-order valence-corrected chi connectivity index (χ3v) is 7.21. The van der Waals surface area contributed by atoms with E-state index in [1.54, 1.807) is 6.07 Å². The van der Waals surface area contributed by atoms with Gasteiger partial charge >= 0.3 is 5.97 Å². The van der Waals surface area contributed by atoms with E-state index in [1.165, 1.54) is 13.2 Å². The number of amides is 1. The molecule has 3 aliphatic carbocycles. The van der Waals surface area contributed by atoms with E-state index in [0.29, 0.717) is 11.1 Å². The number of phenols is 1. The van der Waals surface area contributed by atoms with Gasteiger partial charge in [-0.1, -0.05) is 6.07 Å². The predicted molar refractivity (Wildman–Crippen MR) is 109 cm³/mol. The predicted octanol–water partition coefficient (Wildman–Crippen LogP) is -0.567. The number of fused-ring (bicyclic) bond motifs is 3. The molecule has 0 bridgehead atoms. The highest BCUT2D eigenvalue weighted by Gasteiger charge is 2.66. The van der Waals surface area contributed by atoms with Gasteiger partial charge in [-0.05, 0) is 42.4 Å². The Morgan fingerprint density at radius 1 is 1.15 bits per heavy atom. The lowest BCUT2D eigenvalue weighted by atomic mass is 9.53. The molecule has 0 heterocycles. The minimum Gasteiger partial charge on any atom is -0.507 e. The van der Waals surface area contributed by atoms with Crippen LogP contribution in [0.15, 0.2) is 12.1 Å². The lowest BCUT2D eigenvalue weighted by Crippen LogP contribution is -2.68. The quantitative estimate of drug-likeness (QED) is 0.394. The van der Waals surface area contributed by atoms with E-state index in [9.17, 15) is 39.0 Å². The number of hydrogen-bond acceptors (Lipinski definition) is 9. The molecule has 2 saturated carbocycles. The van der Waals surface area contributed by atoms with Crippen molar-refractivity contribution < 1.29 is 43.7 Å². The molecule has 10 nitrogen and oxygen atoms in total. The molecular formula is C23H23NO9. The summed E-state index contributed by atoms with van der Waals surface area (Å²) >= 11 is 0. The zero-order valence-electron chi connectivity index (χ0n) is 17.8. The Morgan fingerprint density at radius 3 is 2.48 bits per heavy atom. The van der Waals surface area contributed by atoms with Gasteiger partial charge in [-0.3, -0.25) is 28.8 Å². The highest BCUT2D eigenvalue weighted by Crippen LogP contribution is 2.50. The van der Waals surface area contributed by atoms with Gasteiger partial charge in [-0.15, -0.1) is 0 Å². The van der Waals surface area contributed by atoms with Crippen LogP contribution < -0.4 is 5.73 Å². The SMILES string of the molecule is COC(=O)CCc1ccc(O)c2c1C[C@H]1C[C@H]3CC(=O)C(C(N)=O)C(=O)[C@@]3(O)C(=O)C1C2=O. The number of carbonyl (C=O) groups excluding carboxylic acids is 6. The fraction of sp³-hybridized carbons (Fsp3) is 0.478. The molecule has 0 aliphatic heterocycles. The van der Waals surface area contributed by atoms with Gasteiger partial charge in [-0.2, -0.15) is 0 Å². The van der Waals surface area contributed by atoms with Crippen LogP contribution in [0.3, 0.4) is 0 Å². The first-order valence-corrected chi connectivity index (χ1v) is 10.6. The standard InChI is InChI=1S/C23H23NO9/c1-33-15(27)5-3-9-2-4-13(25)17-12(9)7-10-6-11-8-14(26)18(22(24)31)21(30)23(11,32)20(29)16(10)19(17)28/h2,4,10-11,16,18,25,32H,3,5-8H2,1H3,(H2,24,31)/t10-,11+,16?,18?,23+/m1/s1. The molecule has 1 amide bonds. The van der Waals surface area contributed by atoms with E-state index in [1.807, 2.05) is 0 Å². The van der Waals surface area contributed by atoms with Crippen molar-refractivity contribution in [2.45, 2.75) is 37.7 Å². The van der Waals surface area contributed by atoms with Crippen LogP contribution in [0.25, 0.3) is 0 Å². The number of carbonyl (C=O) groups is 6. The molecule has 0 saturated heterocycles. The zero-order chi connectivity index (χ0) is 24.2. The lowest BCUT2D eigenvalue weighted by molar-refractivity contribution is -0.175. The highest BCUT2D eigenvalue weighted by atomic mass is 16.5. The van der Waals surface area contributed by atoms with Crippen LogP contribution in [0.1, 0.15) is 40.7 Å². The molecule has 1 aromatic rings. The van der Waals surface area contributed by atoms with Crippen molar-refractivity contribution in [3.8, 4) is 5.75 Å². The maximum Gasteiger partial charge on any atom is 0.305 e. The lowest BCUT2D eigenvalue weighted by Gasteiger charge is -2.48. The molecule has 0 spiro atoms. The van der Waals surface area contributed by atoms with Crippen LogP contribution in [0.5, 0.6) is 5.75 Å². The molecule has 33 heavy (non-hydrogen) atoms. The second kappa shape index (κ2) is 7.87. The number of aliphatic hydroxyl groups is 1. The first-order valence-electron chi connectivity index (χ1n) is 10.6. The van der Waals surface area contributed by atoms with Crippen molar-refractivity contribution in [3.63, 3.8) is 0 Å². The molecule has 3 aliphatic rings. The number of nitrogens with two attached hydrogens (primary N) is 1. The Bertz CT molecular complexity index is 1120. The Kier molecular flexibility index (Phi) is 5.44. The van der Waals surface area contributed by atoms with E-state index in [0.717, 1.165) is 0 Å². The van der Waals surface area contributed by atoms with Gasteiger partial charge in [0.1, 0.15) is 5.75 Å². The van der Waals surface area contributed by atoms with Crippen LogP contribution in [0.4, 0.5) is 0 Å². The van der Waals surface area contributed by atoms with Crippen molar-refractivity contribution in [3.05, 3.63) is 28.8 Å². The topological polar surface area (TPSA) is 178 Å². The highest BCUT2D eigenvalue weighted by molar-refractivity contribution is 6.31. The summed E-state index contributed by atoms with van der Waals surface area (Å²) in [5, 5.41) is 21.5. The molecule has 4 N–H and O–H groups in total. The molecule has 5 atom stereocenters. The number of methoxy groups -OCH3 is 1. The molecule has 0 aromatic heterocycles. The van der Waals surface area contributed by atoms with Gasteiger partial charge in [0.2, 0.25) is 5.91 Å². The number of hydrogen-bond donors (Lipinski definition) is 3. The van der Waals surface area contributed by atoms with E-state index < -0.39 is 64.3 Å². The number of rotatable bonds is 4. The minimum absolute atomic E-state index is 0.0210. The van der Waals surface area contributed by atoms with E-state index in [2.05, 4.69) is 4.74 Å². The number of aromatic hydroxyl groups is 1. The molecule has 1 aromatic carbocycles. The second-order valence-corrected chi connectivity index (χ2v) is 8.91. The van der Waals surface area contributed by atoms with E-state index in [4.69, 9.17) is 5.73 Å². The number of phenolic OH excluding ortho intramolecular Hbond substituents is 1. The maximum atomic E-state index is 13.4. The van der Waals surface area contributed by atoms with Gasteiger partial charge < -0.3 is 20.7 Å². The first-order chi connectivity index (χ1) is 15.5. The van der Waals surface area contributed by atoms with Crippen LogP contribution in [-0.2, 0) is 41.6 Å². The summed E-state index contributed by atoms with van der Waals surface area (Å²) in [4.78, 5) is 75.2. The van der Waals surface area contributed by atoms with Crippen molar-refractivity contribution in [1.82, 2.24) is 0 Å². The van der Waals surface area contributed by atoms with Gasteiger partial charge in [0.15, 0.2) is 34.7 Å². The Hall–Kier alpha value is -3.40. The number of primary amides is 1. The molecule has 10 heteroatoms. The van der Waals surface area contributed by atoms with Crippen molar-refractivity contribution >= 4 is 35.0 Å². The fourth-order valence-electron chi connectivity index (χ4n) is 5.60. The molecule has 4 rings (SSSR count). The molecule has 0 radical (unpaired) electrons. The Labute approximate surface area is 188 Å². The minimum atomic E-state index is -2.67. The number of aryl methyl sites for hydroxylation is 1.